The van der Waals surface area contributed by atoms with Gasteiger partial charge in [0.25, 0.3) is 0 Å². The van der Waals surface area contributed by atoms with Crippen molar-refractivity contribution >= 4 is 17.9 Å². The van der Waals surface area contributed by atoms with Crippen molar-refractivity contribution in [3.8, 4) is 0 Å². The summed E-state index contributed by atoms with van der Waals surface area (Å²) >= 11 is 0. The number of carbonyl (C=O) groups excluding carboxylic acids is 3. The van der Waals surface area contributed by atoms with Crippen LogP contribution < -0.4 is 5.73 Å². The maximum Gasteiger partial charge on any atom is 0.338 e. The van der Waals surface area contributed by atoms with E-state index in [0.717, 1.165) is 0 Å². The van der Waals surface area contributed by atoms with Crippen LogP contribution in [0, 0.1) is 0 Å². The van der Waals surface area contributed by atoms with Gasteiger partial charge in [-0.3, -0.25) is 0 Å². The number of ether oxygens (including phenoxy) is 5. The summed E-state index contributed by atoms with van der Waals surface area (Å²) in [5, 5.41) is 0. The largest absolute Gasteiger partial charge is 0.459 e. The van der Waals surface area contributed by atoms with E-state index in [-0.39, 0.29) is 19.8 Å². The van der Waals surface area contributed by atoms with Gasteiger partial charge in [0.1, 0.15) is 12.7 Å². The molecule has 0 aromatic heterocycles. The van der Waals surface area contributed by atoms with Crippen molar-refractivity contribution in [3.05, 3.63) is 108 Å². The summed E-state index contributed by atoms with van der Waals surface area (Å²) in [6.45, 7) is 0.00358. The third-order valence-electron chi connectivity index (χ3n) is 5.56. The summed E-state index contributed by atoms with van der Waals surface area (Å²) < 4.78 is 28.6. The van der Waals surface area contributed by atoms with Gasteiger partial charge in [0.05, 0.1) is 23.3 Å². The van der Waals surface area contributed by atoms with Gasteiger partial charge in [0, 0.05) is 6.54 Å². The SMILES string of the molecule is NCCO[C@H]1O[C@H](COC(=O)c2ccccc2)[C@@H](OC(=O)c2ccccc2)[C@H]1OC(=O)c1ccccc1. The van der Waals surface area contributed by atoms with Gasteiger partial charge in [-0.1, -0.05) is 54.6 Å². The Bertz CT molecular complexity index is 1170. The molecular weight excluding hydrogens is 478 g/mol. The maximum atomic E-state index is 12.9. The van der Waals surface area contributed by atoms with E-state index in [9.17, 15) is 14.4 Å². The normalized spacial score (nSPS) is 20.7. The van der Waals surface area contributed by atoms with Crippen LogP contribution >= 0.6 is 0 Å². The van der Waals surface area contributed by atoms with E-state index < -0.39 is 42.5 Å². The molecule has 0 spiro atoms. The third kappa shape index (κ3) is 6.79. The zero-order chi connectivity index (χ0) is 26.0. The van der Waals surface area contributed by atoms with Crippen LogP contribution in [0.25, 0.3) is 0 Å². The van der Waals surface area contributed by atoms with E-state index in [0.29, 0.717) is 16.7 Å². The molecule has 4 rings (SSSR count). The molecule has 2 N–H and O–H groups in total. The molecular formula is C28H27NO8. The van der Waals surface area contributed by atoms with E-state index in [1.165, 1.54) is 0 Å². The van der Waals surface area contributed by atoms with Gasteiger partial charge in [0.2, 0.25) is 0 Å². The Hall–Kier alpha value is -4.05. The molecule has 1 fully saturated rings. The van der Waals surface area contributed by atoms with Gasteiger partial charge < -0.3 is 29.4 Å². The predicted molar refractivity (Wildman–Crippen MR) is 132 cm³/mol. The van der Waals surface area contributed by atoms with Crippen molar-refractivity contribution in [2.24, 2.45) is 5.73 Å². The minimum absolute atomic E-state index is 0.0972. The van der Waals surface area contributed by atoms with Crippen molar-refractivity contribution < 1.29 is 38.1 Å². The van der Waals surface area contributed by atoms with E-state index in [1.54, 1.807) is 91.0 Å². The summed E-state index contributed by atoms with van der Waals surface area (Å²) in [5.41, 5.74) is 6.53. The fraction of sp³-hybridized carbons (Fsp3) is 0.250. The lowest BCUT2D eigenvalue weighted by molar-refractivity contribution is -0.168. The Balaban J connectivity index is 1.57. The highest BCUT2D eigenvalue weighted by atomic mass is 16.7. The second kappa shape index (κ2) is 12.8. The van der Waals surface area contributed by atoms with Crippen LogP contribution in [-0.4, -0.2) is 62.3 Å². The first-order valence-electron chi connectivity index (χ1n) is 11.8. The van der Waals surface area contributed by atoms with Crippen molar-refractivity contribution in [1.82, 2.24) is 0 Å². The molecule has 1 heterocycles. The standard InChI is InChI=1S/C28H27NO8/c29-16-17-33-28-24(37-27(32)21-14-8-3-9-15-21)23(36-26(31)20-12-6-2-7-13-20)22(35-28)18-34-25(30)19-10-4-1-5-11-19/h1-15,22-24,28H,16-18,29H2/t22-,23-,24-,28+/m1/s1. The second-order valence-electron chi connectivity index (χ2n) is 8.14. The Morgan fingerprint density at radius 1 is 0.676 bits per heavy atom. The number of nitrogens with two attached hydrogens (primary N) is 1. The quantitative estimate of drug-likeness (QED) is 0.327. The van der Waals surface area contributed by atoms with E-state index in [1.807, 2.05) is 0 Å². The lowest BCUT2D eigenvalue weighted by atomic mass is 10.1. The molecule has 1 saturated heterocycles. The Morgan fingerprint density at radius 2 is 1.14 bits per heavy atom. The van der Waals surface area contributed by atoms with Crippen LogP contribution in [-0.2, 0) is 23.7 Å². The van der Waals surface area contributed by atoms with Gasteiger partial charge in [-0.15, -0.1) is 0 Å². The van der Waals surface area contributed by atoms with Gasteiger partial charge in [-0.2, -0.15) is 0 Å². The molecule has 0 unspecified atom stereocenters. The van der Waals surface area contributed by atoms with Crippen molar-refractivity contribution in [2.45, 2.75) is 24.6 Å². The fourth-order valence-electron chi connectivity index (χ4n) is 3.76. The van der Waals surface area contributed by atoms with Crippen LogP contribution in [0.4, 0.5) is 0 Å². The summed E-state index contributed by atoms with van der Waals surface area (Å²) in [4.78, 5) is 38.4. The number of esters is 3. The van der Waals surface area contributed by atoms with E-state index in [2.05, 4.69) is 0 Å². The molecule has 37 heavy (non-hydrogen) atoms. The third-order valence-corrected chi connectivity index (χ3v) is 5.56. The molecule has 0 aliphatic carbocycles. The first-order chi connectivity index (χ1) is 18.1. The molecule has 0 amide bonds. The lowest BCUT2D eigenvalue weighted by Crippen LogP contribution is -2.42. The van der Waals surface area contributed by atoms with Crippen LogP contribution in [0.2, 0.25) is 0 Å². The van der Waals surface area contributed by atoms with Crippen molar-refractivity contribution in [3.63, 3.8) is 0 Å². The molecule has 1 aliphatic heterocycles. The highest BCUT2D eigenvalue weighted by Crippen LogP contribution is 2.30. The smallest absolute Gasteiger partial charge is 0.338 e. The molecule has 9 nitrogen and oxygen atoms in total. The minimum Gasteiger partial charge on any atom is -0.459 e. The molecule has 0 saturated carbocycles. The topological polar surface area (TPSA) is 123 Å². The number of carbonyl (C=O) groups is 3. The maximum absolute atomic E-state index is 12.9. The van der Waals surface area contributed by atoms with Gasteiger partial charge in [0.15, 0.2) is 18.5 Å². The number of hydrogen-bond donors (Lipinski definition) is 1. The number of hydrogen-bond acceptors (Lipinski definition) is 9. The van der Waals surface area contributed by atoms with Crippen LogP contribution in [0.15, 0.2) is 91.0 Å². The van der Waals surface area contributed by atoms with Gasteiger partial charge in [-0.05, 0) is 36.4 Å². The molecule has 0 radical (unpaired) electrons. The van der Waals surface area contributed by atoms with Crippen LogP contribution in [0.1, 0.15) is 31.1 Å². The molecule has 9 heteroatoms. The average Bonchev–Trinajstić information content (AvgIpc) is 3.27. The highest BCUT2D eigenvalue weighted by Gasteiger charge is 2.51. The van der Waals surface area contributed by atoms with Crippen molar-refractivity contribution in [2.75, 3.05) is 19.8 Å². The zero-order valence-electron chi connectivity index (χ0n) is 19.9. The van der Waals surface area contributed by atoms with E-state index in [4.69, 9.17) is 29.4 Å². The number of rotatable bonds is 10. The van der Waals surface area contributed by atoms with Gasteiger partial charge >= 0.3 is 17.9 Å². The molecule has 4 atom stereocenters. The summed E-state index contributed by atoms with van der Waals surface area (Å²) in [5.74, 6) is -1.89. The second-order valence-corrected chi connectivity index (χ2v) is 8.14. The monoisotopic (exact) mass is 505 g/mol. The lowest BCUT2D eigenvalue weighted by Gasteiger charge is -2.24. The first-order valence-corrected chi connectivity index (χ1v) is 11.8. The zero-order valence-corrected chi connectivity index (χ0v) is 19.9. The molecule has 3 aromatic carbocycles. The van der Waals surface area contributed by atoms with Crippen LogP contribution in [0.5, 0.6) is 0 Å². The molecule has 0 bridgehead atoms. The van der Waals surface area contributed by atoms with Crippen LogP contribution in [0.3, 0.4) is 0 Å². The fourth-order valence-corrected chi connectivity index (χ4v) is 3.76. The minimum atomic E-state index is -1.15. The summed E-state index contributed by atoms with van der Waals surface area (Å²) in [6.07, 6.45) is -4.36. The Morgan fingerprint density at radius 3 is 1.62 bits per heavy atom. The molecule has 192 valence electrons. The predicted octanol–water partition coefficient (Wildman–Crippen LogP) is 2.99. The Labute approximate surface area is 214 Å². The first kappa shape index (κ1) is 26.0. The number of benzene rings is 3. The van der Waals surface area contributed by atoms with Gasteiger partial charge in [-0.25, -0.2) is 14.4 Å². The Kier molecular flexibility index (Phi) is 8.98. The molecule has 1 aliphatic rings. The summed E-state index contributed by atoms with van der Waals surface area (Å²) in [6, 6.07) is 25.1. The van der Waals surface area contributed by atoms with E-state index >= 15 is 0 Å². The molecule has 3 aromatic rings. The summed E-state index contributed by atoms with van der Waals surface area (Å²) in [7, 11) is 0. The highest BCUT2D eigenvalue weighted by molar-refractivity contribution is 5.91. The average molecular weight is 506 g/mol. The van der Waals surface area contributed by atoms with Crippen molar-refractivity contribution in [1.29, 1.82) is 0 Å².